The molecule has 0 saturated carbocycles. The summed E-state index contributed by atoms with van der Waals surface area (Å²) in [5.41, 5.74) is 22.8. The van der Waals surface area contributed by atoms with Crippen molar-refractivity contribution in [3.8, 4) is 0 Å². The lowest BCUT2D eigenvalue weighted by molar-refractivity contribution is 0.646. The zero-order valence-corrected chi connectivity index (χ0v) is 26.7. The Labute approximate surface area is 252 Å². The summed E-state index contributed by atoms with van der Waals surface area (Å²) >= 11 is 0. The smallest absolute Gasteiger partial charge is 0.0910 e. The average molecular weight is 557 g/mol. The first-order valence-corrected chi connectivity index (χ1v) is 15.5. The van der Waals surface area contributed by atoms with E-state index in [0.717, 1.165) is 39.5 Å². The maximum Gasteiger partial charge on any atom is 0.0910 e. The lowest BCUT2D eigenvalue weighted by atomic mass is 9.94. The van der Waals surface area contributed by atoms with Gasteiger partial charge in [0.1, 0.15) is 0 Å². The fraction of sp³-hybridized carbons (Fsp3) is 0.368. The van der Waals surface area contributed by atoms with E-state index in [-0.39, 0.29) is 0 Å². The minimum absolute atomic E-state index is 1.02. The van der Waals surface area contributed by atoms with Crippen LogP contribution in [0.5, 0.6) is 0 Å². The predicted octanol–water partition coefficient (Wildman–Crippen LogP) is 8.44. The van der Waals surface area contributed by atoms with Crippen LogP contribution in [0.2, 0.25) is 0 Å². The van der Waals surface area contributed by atoms with Gasteiger partial charge in [-0.15, -0.1) is 0 Å². The molecule has 4 aromatic carbocycles. The Kier molecular flexibility index (Phi) is 6.31. The van der Waals surface area contributed by atoms with Crippen LogP contribution in [0.25, 0.3) is 0 Å². The molecular formula is C38H44N4. The molecule has 0 radical (unpaired) electrons. The van der Waals surface area contributed by atoms with Crippen LogP contribution in [0.3, 0.4) is 0 Å². The van der Waals surface area contributed by atoms with Crippen LogP contribution >= 0.6 is 0 Å². The number of anilines is 4. The van der Waals surface area contributed by atoms with Crippen LogP contribution in [0.15, 0.2) is 48.5 Å². The molecule has 0 atom stereocenters. The second-order valence-corrected chi connectivity index (χ2v) is 13.4. The molecule has 4 aromatic rings. The standard InChI is InChI=1S/2C19H22N2/c1-12-5-16-9-20-11-21(18(16)7-14(12)3)10-17-6-13(2)15(4)8-19(17)20;1-12-5-14(3)18-16(7-12)9-20-11-21(18)10-17-8-13(2)6-15(4)19(17)20/h2*5-8H,9-11H2,1-4H3. The number of aryl methyl sites for hydroxylation is 8. The number of rotatable bonds is 0. The summed E-state index contributed by atoms with van der Waals surface area (Å²) in [7, 11) is 0. The van der Waals surface area contributed by atoms with Crippen molar-refractivity contribution < 1.29 is 0 Å². The van der Waals surface area contributed by atoms with E-state index in [1.165, 1.54) is 89.5 Å². The number of hydrogen-bond acceptors (Lipinski definition) is 4. The molecule has 4 aliphatic rings. The second kappa shape index (κ2) is 9.83. The van der Waals surface area contributed by atoms with Gasteiger partial charge in [0, 0.05) is 48.9 Å². The van der Waals surface area contributed by atoms with Gasteiger partial charge in [-0.25, -0.2) is 0 Å². The van der Waals surface area contributed by atoms with Gasteiger partial charge in [0.15, 0.2) is 0 Å². The molecule has 4 nitrogen and oxygen atoms in total. The van der Waals surface area contributed by atoms with E-state index in [0.29, 0.717) is 0 Å². The van der Waals surface area contributed by atoms with Crippen LogP contribution in [0.1, 0.15) is 66.8 Å². The molecular weight excluding hydrogens is 512 g/mol. The molecule has 0 N–H and O–H groups in total. The van der Waals surface area contributed by atoms with E-state index >= 15 is 0 Å². The van der Waals surface area contributed by atoms with Crippen LogP contribution in [0.4, 0.5) is 22.7 Å². The topological polar surface area (TPSA) is 13.0 Å². The maximum absolute atomic E-state index is 2.54. The van der Waals surface area contributed by atoms with Crippen LogP contribution < -0.4 is 19.6 Å². The van der Waals surface area contributed by atoms with E-state index in [4.69, 9.17) is 0 Å². The van der Waals surface area contributed by atoms with E-state index in [9.17, 15) is 0 Å². The summed E-state index contributed by atoms with van der Waals surface area (Å²) in [5.74, 6) is 0. The zero-order chi connectivity index (χ0) is 29.4. The molecule has 42 heavy (non-hydrogen) atoms. The SMILES string of the molecule is Cc1cc(C)c2c(c1)CN1CN2Cc2cc(C)cc(C)c21.Cc1cc2c(cc1C)N1Cc3cc(C)c(C)cc3N(C2)C1. The van der Waals surface area contributed by atoms with Gasteiger partial charge in [-0.2, -0.15) is 0 Å². The summed E-state index contributed by atoms with van der Waals surface area (Å²) in [5, 5.41) is 0. The highest BCUT2D eigenvalue weighted by Gasteiger charge is 2.32. The summed E-state index contributed by atoms with van der Waals surface area (Å²) < 4.78 is 0. The number of nitrogens with zero attached hydrogens (tertiary/aromatic N) is 4. The number of benzene rings is 4. The van der Waals surface area contributed by atoms with Crippen molar-refractivity contribution in [1.29, 1.82) is 0 Å². The van der Waals surface area contributed by atoms with Gasteiger partial charge in [0.2, 0.25) is 0 Å². The summed E-state index contributed by atoms with van der Waals surface area (Å²) in [6.07, 6.45) is 0. The third kappa shape index (κ3) is 4.43. The number of fused-ring (bicyclic) bond motifs is 12. The monoisotopic (exact) mass is 556 g/mol. The molecule has 4 bridgehead atoms. The lowest BCUT2D eigenvalue weighted by Crippen LogP contribution is -2.46. The van der Waals surface area contributed by atoms with Crippen molar-refractivity contribution >= 4 is 22.7 Å². The fourth-order valence-corrected chi connectivity index (χ4v) is 7.86. The highest BCUT2D eigenvalue weighted by molar-refractivity contribution is 5.73. The molecule has 4 heterocycles. The highest BCUT2D eigenvalue weighted by atomic mass is 15.4. The second-order valence-electron chi connectivity index (χ2n) is 13.4. The van der Waals surface area contributed by atoms with E-state index in [1.807, 2.05) is 0 Å². The molecule has 4 aliphatic heterocycles. The summed E-state index contributed by atoms with van der Waals surface area (Å²) in [6.45, 7) is 23.9. The Morgan fingerprint density at radius 1 is 0.357 bits per heavy atom. The van der Waals surface area contributed by atoms with E-state index < -0.39 is 0 Å². The van der Waals surface area contributed by atoms with Gasteiger partial charge in [0.25, 0.3) is 0 Å². The first-order chi connectivity index (χ1) is 20.0. The van der Waals surface area contributed by atoms with Crippen molar-refractivity contribution in [2.24, 2.45) is 0 Å². The lowest BCUT2D eigenvalue weighted by Gasteiger charge is -2.46. The molecule has 0 spiro atoms. The molecule has 216 valence electrons. The van der Waals surface area contributed by atoms with Crippen LogP contribution in [0, 0.1) is 55.4 Å². The minimum atomic E-state index is 1.02. The summed E-state index contributed by atoms with van der Waals surface area (Å²) in [4.78, 5) is 10.1. The molecule has 0 unspecified atom stereocenters. The molecule has 4 heteroatoms. The van der Waals surface area contributed by atoms with Crippen molar-refractivity contribution in [2.75, 3.05) is 32.9 Å². The molecule has 0 fully saturated rings. The fourth-order valence-electron chi connectivity index (χ4n) is 7.86. The molecule has 8 rings (SSSR count). The number of hydrogen-bond donors (Lipinski definition) is 0. The molecule has 0 aliphatic carbocycles. The van der Waals surface area contributed by atoms with E-state index in [2.05, 4.69) is 124 Å². The quantitative estimate of drug-likeness (QED) is 0.215. The summed E-state index contributed by atoms with van der Waals surface area (Å²) in [6, 6.07) is 18.8. The third-order valence-electron chi connectivity index (χ3n) is 9.88. The highest BCUT2D eigenvalue weighted by Crippen LogP contribution is 2.42. The first kappa shape index (κ1) is 26.9. The van der Waals surface area contributed by atoms with Gasteiger partial charge < -0.3 is 19.6 Å². The van der Waals surface area contributed by atoms with Crippen LogP contribution in [-0.4, -0.2) is 13.3 Å². The van der Waals surface area contributed by atoms with Gasteiger partial charge in [0.05, 0.1) is 13.3 Å². The first-order valence-electron chi connectivity index (χ1n) is 15.5. The van der Waals surface area contributed by atoms with Crippen LogP contribution in [-0.2, 0) is 26.2 Å². The average Bonchev–Trinajstić information content (AvgIpc) is 2.90. The Bertz CT molecular complexity index is 1620. The van der Waals surface area contributed by atoms with Crippen molar-refractivity contribution in [3.05, 3.63) is 115 Å². The predicted molar refractivity (Wildman–Crippen MR) is 178 cm³/mol. The molecule has 0 amide bonds. The van der Waals surface area contributed by atoms with Crippen molar-refractivity contribution in [3.63, 3.8) is 0 Å². The van der Waals surface area contributed by atoms with Crippen molar-refractivity contribution in [2.45, 2.75) is 81.6 Å². The minimum Gasteiger partial charge on any atom is -0.349 e. The Hall–Kier alpha value is -3.92. The largest absolute Gasteiger partial charge is 0.349 e. The van der Waals surface area contributed by atoms with Gasteiger partial charge in [-0.3, -0.25) is 0 Å². The van der Waals surface area contributed by atoms with Gasteiger partial charge in [-0.05, 0) is 123 Å². The van der Waals surface area contributed by atoms with E-state index in [1.54, 1.807) is 0 Å². The third-order valence-corrected chi connectivity index (χ3v) is 9.88. The van der Waals surface area contributed by atoms with Gasteiger partial charge in [-0.1, -0.05) is 47.5 Å². The maximum atomic E-state index is 2.54. The van der Waals surface area contributed by atoms with Gasteiger partial charge >= 0.3 is 0 Å². The Balaban J connectivity index is 0.000000137. The Morgan fingerprint density at radius 2 is 0.714 bits per heavy atom. The van der Waals surface area contributed by atoms with Crippen molar-refractivity contribution in [1.82, 2.24) is 0 Å². The zero-order valence-electron chi connectivity index (χ0n) is 26.7. The molecule has 0 saturated heterocycles. The normalized spacial score (nSPS) is 15.8. The molecule has 0 aromatic heterocycles. The Morgan fingerprint density at radius 3 is 1.14 bits per heavy atom.